The molecule has 1 aliphatic rings. The van der Waals surface area contributed by atoms with Gasteiger partial charge in [-0.1, -0.05) is 35.4 Å². The van der Waals surface area contributed by atoms with Gasteiger partial charge in [-0.15, -0.1) is 0 Å². The van der Waals surface area contributed by atoms with E-state index in [2.05, 4.69) is 33.4 Å². The first kappa shape index (κ1) is 26.7. The highest BCUT2D eigenvalue weighted by Gasteiger charge is 2.33. The first-order valence-electron chi connectivity index (χ1n) is 12.4. The summed E-state index contributed by atoms with van der Waals surface area (Å²) in [6.45, 7) is 6.54. The number of likely N-dealkylation sites (tertiary alicyclic amines) is 1. The molecule has 4 rings (SSSR count). The number of imidazole rings is 1. The topological polar surface area (TPSA) is 59.4 Å². The number of aryl methyl sites for hydroxylation is 3. The number of piperidine rings is 1. The maximum absolute atomic E-state index is 13.2. The van der Waals surface area contributed by atoms with Crippen molar-refractivity contribution in [3.05, 3.63) is 82.9 Å². The Kier molecular flexibility index (Phi) is 8.22. The van der Waals surface area contributed by atoms with E-state index < -0.39 is 11.7 Å². The lowest BCUT2D eigenvalue weighted by Gasteiger charge is -2.37. The van der Waals surface area contributed by atoms with Crippen molar-refractivity contribution in [1.29, 1.82) is 0 Å². The molecule has 1 fully saturated rings. The Labute approximate surface area is 215 Å². The summed E-state index contributed by atoms with van der Waals surface area (Å²) in [6.07, 6.45) is -0.222. The molecule has 37 heavy (non-hydrogen) atoms. The number of ether oxygens (including phenoxy) is 1. The summed E-state index contributed by atoms with van der Waals surface area (Å²) < 4.78 is 47.0. The van der Waals surface area contributed by atoms with Gasteiger partial charge in [0, 0.05) is 45.0 Å². The fraction of sp³-hybridized carbons (Fsp3) is 0.429. The number of hydrogen-bond donors (Lipinski definition) is 1. The maximum Gasteiger partial charge on any atom is 0.416 e. The van der Waals surface area contributed by atoms with E-state index in [1.807, 2.05) is 31.7 Å². The largest absolute Gasteiger partial charge is 0.493 e. The van der Waals surface area contributed by atoms with Crippen LogP contribution in [0.2, 0.25) is 0 Å². The average molecular weight is 515 g/mol. The third-order valence-electron chi connectivity index (χ3n) is 6.66. The van der Waals surface area contributed by atoms with E-state index in [0.29, 0.717) is 32.6 Å². The van der Waals surface area contributed by atoms with E-state index >= 15 is 0 Å². The van der Waals surface area contributed by atoms with Gasteiger partial charge >= 0.3 is 6.18 Å². The third kappa shape index (κ3) is 7.35. The zero-order valence-electron chi connectivity index (χ0n) is 21.4. The molecular formula is C28H33F3N4O2. The van der Waals surface area contributed by atoms with Crippen LogP contribution in [0.3, 0.4) is 0 Å². The molecule has 1 aliphatic heterocycles. The molecule has 2 aromatic carbocycles. The molecule has 1 saturated heterocycles. The predicted molar refractivity (Wildman–Crippen MR) is 135 cm³/mol. The van der Waals surface area contributed by atoms with E-state index in [0.717, 1.165) is 34.6 Å². The highest BCUT2D eigenvalue weighted by molar-refractivity contribution is 5.79. The number of hydrogen-bond acceptors (Lipinski definition) is 4. The van der Waals surface area contributed by atoms with Gasteiger partial charge in [0.15, 0.2) is 0 Å². The number of aromatic nitrogens is 2. The van der Waals surface area contributed by atoms with Crippen LogP contribution < -0.4 is 10.1 Å². The van der Waals surface area contributed by atoms with Gasteiger partial charge in [0.25, 0.3) is 0 Å². The fourth-order valence-corrected chi connectivity index (χ4v) is 4.97. The van der Waals surface area contributed by atoms with E-state index in [1.165, 1.54) is 12.1 Å². The van der Waals surface area contributed by atoms with Gasteiger partial charge in [0.1, 0.15) is 11.6 Å². The molecule has 198 valence electrons. The van der Waals surface area contributed by atoms with Gasteiger partial charge in [-0.05, 0) is 44.0 Å². The molecule has 0 saturated carbocycles. The number of carbonyl (C=O) groups is 1. The van der Waals surface area contributed by atoms with Crippen LogP contribution >= 0.6 is 0 Å². The molecule has 0 radical (unpaired) electrons. The molecule has 0 bridgehead atoms. The Morgan fingerprint density at radius 2 is 1.89 bits per heavy atom. The van der Waals surface area contributed by atoms with E-state index in [-0.39, 0.29) is 30.1 Å². The van der Waals surface area contributed by atoms with Gasteiger partial charge in [0.2, 0.25) is 5.91 Å². The summed E-state index contributed by atoms with van der Waals surface area (Å²) >= 11 is 0. The lowest BCUT2D eigenvalue weighted by Crippen LogP contribution is -2.47. The van der Waals surface area contributed by atoms with E-state index in [9.17, 15) is 18.0 Å². The first-order valence-corrected chi connectivity index (χ1v) is 12.4. The minimum Gasteiger partial charge on any atom is -0.493 e. The molecule has 1 N–H and O–H groups in total. The van der Waals surface area contributed by atoms with Crippen molar-refractivity contribution in [1.82, 2.24) is 19.8 Å². The second kappa shape index (κ2) is 11.4. The molecule has 2 atom stereocenters. The minimum absolute atomic E-state index is 0.0273. The number of rotatable bonds is 8. The predicted octanol–water partition coefficient (Wildman–Crippen LogP) is 4.89. The molecule has 1 aromatic heterocycles. The summed E-state index contributed by atoms with van der Waals surface area (Å²) in [6, 6.07) is 11.1. The molecule has 0 aliphatic carbocycles. The number of nitrogens with one attached hydrogen (secondary N) is 1. The molecule has 6 nitrogen and oxygen atoms in total. The van der Waals surface area contributed by atoms with Crippen molar-refractivity contribution in [3.8, 4) is 5.75 Å². The van der Waals surface area contributed by atoms with Crippen LogP contribution in [0.5, 0.6) is 5.75 Å². The fourth-order valence-electron chi connectivity index (χ4n) is 4.97. The highest BCUT2D eigenvalue weighted by Crippen LogP contribution is 2.32. The zero-order chi connectivity index (χ0) is 26.6. The Morgan fingerprint density at radius 3 is 2.57 bits per heavy atom. The molecule has 0 spiro atoms. The molecular weight excluding hydrogens is 481 g/mol. The number of carbonyl (C=O) groups excluding carboxylic acids is 1. The average Bonchev–Trinajstić information content (AvgIpc) is 3.24. The third-order valence-corrected chi connectivity index (χ3v) is 6.66. The SMILES string of the molecule is Cc1cc(C)cc(CNC(=O)[C@@H]2C[C@H](COc3cccc(C(F)(F)F)c3)CN(Cc3nccn3C)C2)c1. The van der Waals surface area contributed by atoms with E-state index in [1.54, 1.807) is 6.20 Å². The number of amides is 1. The number of halogens is 3. The van der Waals surface area contributed by atoms with Crippen LogP contribution in [0.25, 0.3) is 0 Å². The standard InChI is InChI=1S/C28H33F3N4O2/c1-19-9-20(2)11-21(10-19)14-33-27(36)23-12-22(15-35(16-23)17-26-32-7-8-34(26)3)18-37-25-6-4-5-24(13-25)28(29,30)31/h4-11,13,22-23H,12,14-18H2,1-3H3,(H,33,36)/t22-,23+/m0/s1. The van der Waals surface area contributed by atoms with Crippen LogP contribution in [-0.4, -0.2) is 40.1 Å². The van der Waals surface area contributed by atoms with Crippen LogP contribution in [0.15, 0.2) is 54.9 Å². The van der Waals surface area contributed by atoms with Gasteiger partial charge in [-0.3, -0.25) is 9.69 Å². The van der Waals surface area contributed by atoms with Gasteiger partial charge in [0.05, 0.1) is 24.6 Å². The molecule has 1 amide bonds. The number of benzene rings is 2. The Balaban J connectivity index is 1.43. The van der Waals surface area contributed by atoms with Crippen molar-refractivity contribution >= 4 is 5.91 Å². The van der Waals surface area contributed by atoms with Crippen LogP contribution in [-0.2, 0) is 31.1 Å². The minimum atomic E-state index is -4.43. The summed E-state index contributed by atoms with van der Waals surface area (Å²) in [5.74, 6) is 0.726. The molecule has 9 heteroatoms. The zero-order valence-corrected chi connectivity index (χ0v) is 21.4. The van der Waals surface area contributed by atoms with Crippen molar-refractivity contribution in [2.75, 3.05) is 19.7 Å². The lowest BCUT2D eigenvalue weighted by molar-refractivity contribution is -0.137. The number of alkyl halides is 3. The molecule has 0 unspecified atom stereocenters. The second-order valence-corrected chi connectivity index (χ2v) is 10.00. The number of nitrogens with zero attached hydrogens (tertiary/aromatic N) is 3. The summed E-state index contributed by atoms with van der Waals surface area (Å²) in [7, 11) is 1.93. The Hall–Kier alpha value is -3.33. The summed E-state index contributed by atoms with van der Waals surface area (Å²) in [5, 5.41) is 3.08. The first-order chi connectivity index (χ1) is 17.6. The monoisotopic (exact) mass is 514 g/mol. The van der Waals surface area contributed by atoms with Gasteiger partial charge in [-0.2, -0.15) is 13.2 Å². The smallest absolute Gasteiger partial charge is 0.416 e. The van der Waals surface area contributed by atoms with Crippen LogP contribution in [0.1, 0.15) is 34.5 Å². The van der Waals surface area contributed by atoms with E-state index in [4.69, 9.17) is 4.74 Å². The second-order valence-electron chi connectivity index (χ2n) is 10.00. The van der Waals surface area contributed by atoms with Gasteiger partial charge in [-0.25, -0.2) is 4.98 Å². The van der Waals surface area contributed by atoms with Crippen molar-refractivity contribution in [2.45, 2.75) is 39.5 Å². The summed E-state index contributed by atoms with van der Waals surface area (Å²) in [4.78, 5) is 19.8. The molecule has 3 aromatic rings. The Bertz CT molecular complexity index is 1200. The lowest BCUT2D eigenvalue weighted by atomic mass is 9.88. The van der Waals surface area contributed by atoms with Crippen LogP contribution in [0, 0.1) is 25.7 Å². The maximum atomic E-state index is 13.2. The Morgan fingerprint density at radius 1 is 1.14 bits per heavy atom. The highest BCUT2D eigenvalue weighted by atomic mass is 19.4. The van der Waals surface area contributed by atoms with Crippen molar-refractivity contribution < 1.29 is 22.7 Å². The summed E-state index contributed by atoms with van der Waals surface area (Å²) in [5.41, 5.74) is 2.61. The van der Waals surface area contributed by atoms with Crippen LogP contribution in [0.4, 0.5) is 13.2 Å². The van der Waals surface area contributed by atoms with Gasteiger partial charge < -0.3 is 14.6 Å². The quantitative estimate of drug-likeness (QED) is 0.465. The molecule has 2 heterocycles. The van der Waals surface area contributed by atoms with Crippen molar-refractivity contribution in [3.63, 3.8) is 0 Å². The van der Waals surface area contributed by atoms with Crippen molar-refractivity contribution in [2.24, 2.45) is 18.9 Å². The normalized spacial score (nSPS) is 18.5.